The van der Waals surface area contributed by atoms with Crippen LogP contribution in [0.5, 0.6) is 0 Å². The predicted molar refractivity (Wildman–Crippen MR) is 77.7 cm³/mol. The van der Waals surface area contributed by atoms with Gasteiger partial charge in [-0.3, -0.25) is 14.6 Å². The van der Waals surface area contributed by atoms with Crippen LogP contribution in [0.3, 0.4) is 0 Å². The number of nitrogens with zero attached hydrogens (tertiary/aromatic N) is 3. The fourth-order valence-corrected chi connectivity index (χ4v) is 2.07. The first-order valence-corrected chi connectivity index (χ1v) is 6.89. The van der Waals surface area contributed by atoms with Crippen LogP contribution in [-0.2, 0) is 4.79 Å². The Bertz CT molecular complexity index is 697. The number of pyridine rings is 2. The molecule has 0 unspecified atom stereocenters. The van der Waals surface area contributed by atoms with Gasteiger partial charge in [-0.1, -0.05) is 6.07 Å². The minimum atomic E-state index is -0.272. The van der Waals surface area contributed by atoms with Crippen LogP contribution in [0.25, 0.3) is 10.9 Å². The summed E-state index contributed by atoms with van der Waals surface area (Å²) in [6, 6.07) is 5.63. The van der Waals surface area contributed by atoms with Gasteiger partial charge < -0.3 is 10.2 Å². The van der Waals surface area contributed by atoms with Crippen LogP contribution in [-0.4, -0.2) is 46.3 Å². The molecule has 21 heavy (non-hydrogen) atoms. The summed E-state index contributed by atoms with van der Waals surface area (Å²) in [5.41, 5.74) is 0.983. The quantitative estimate of drug-likeness (QED) is 0.908. The molecule has 1 N–H and O–H groups in total. The zero-order valence-electron chi connectivity index (χ0n) is 11.7. The molecule has 2 aromatic rings. The smallest absolute Gasteiger partial charge is 0.272 e. The third-order valence-electron chi connectivity index (χ3n) is 3.38. The van der Waals surface area contributed by atoms with Gasteiger partial charge in [-0.15, -0.1) is 0 Å². The summed E-state index contributed by atoms with van der Waals surface area (Å²) in [5, 5.41) is 3.78. The van der Waals surface area contributed by atoms with Gasteiger partial charge in [0.2, 0.25) is 5.91 Å². The summed E-state index contributed by atoms with van der Waals surface area (Å²) in [7, 11) is 1.60. The number of amides is 2. The lowest BCUT2D eigenvalue weighted by molar-refractivity contribution is -0.121. The molecule has 1 fully saturated rings. The third kappa shape index (κ3) is 3.16. The lowest BCUT2D eigenvalue weighted by Crippen LogP contribution is -2.39. The molecule has 1 saturated carbocycles. The molecule has 1 aliphatic rings. The molecular formula is C15H16N4O2. The number of carbonyl (C=O) groups excluding carboxylic acids is 2. The molecule has 3 rings (SSSR count). The maximum Gasteiger partial charge on any atom is 0.272 e. The first kappa shape index (κ1) is 13.5. The van der Waals surface area contributed by atoms with Gasteiger partial charge >= 0.3 is 0 Å². The summed E-state index contributed by atoms with van der Waals surface area (Å²) < 4.78 is 0. The Morgan fingerprint density at radius 3 is 2.90 bits per heavy atom. The summed E-state index contributed by atoms with van der Waals surface area (Å²) >= 11 is 0. The Hall–Kier alpha value is -2.50. The topological polar surface area (TPSA) is 75.2 Å². The standard InChI is InChI=1S/C15H16N4O2/c1-19(9-14(20)17-11-3-4-11)15(21)12-5-2-10-6-7-16-8-13(10)18-12/h2,5-8,11H,3-4,9H2,1H3,(H,17,20). The lowest BCUT2D eigenvalue weighted by Gasteiger charge is -2.16. The maximum absolute atomic E-state index is 12.3. The van der Waals surface area contributed by atoms with Crippen molar-refractivity contribution in [1.29, 1.82) is 0 Å². The van der Waals surface area contributed by atoms with E-state index in [0.29, 0.717) is 17.3 Å². The van der Waals surface area contributed by atoms with Gasteiger partial charge in [0.15, 0.2) is 0 Å². The van der Waals surface area contributed by atoms with Crippen molar-refractivity contribution in [3.8, 4) is 0 Å². The highest BCUT2D eigenvalue weighted by molar-refractivity contribution is 5.96. The Labute approximate surface area is 122 Å². The van der Waals surface area contributed by atoms with Crippen LogP contribution >= 0.6 is 0 Å². The van der Waals surface area contributed by atoms with E-state index in [2.05, 4.69) is 15.3 Å². The largest absolute Gasteiger partial charge is 0.352 e. The van der Waals surface area contributed by atoms with Crippen molar-refractivity contribution in [2.45, 2.75) is 18.9 Å². The molecule has 0 aliphatic heterocycles. The van der Waals surface area contributed by atoms with Crippen molar-refractivity contribution >= 4 is 22.7 Å². The fourth-order valence-electron chi connectivity index (χ4n) is 2.07. The van der Waals surface area contributed by atoms with E-state index in [9.17, 15) is 9.59 Å². The van der Waals surface area contributed by atoms with E-state index in [4.69, 9.17) is 0 Å². The van der Waals surface area contributed by atoms with Crippen molar-refractivity contribution in [3.63, 3.8) is 0 Å². The third-order valence-corrected chi connectivity index (χ3v) is 3.38. The molecule has 0 saturated heterocycles. The summed E-state index contributed by atoms with van der Waals surface area (Å²) in [6.07, 6.45) is 5.36. The maximum atomic E-state index is 12.3. The molecule has 0 spiro atoms. The predicted octanol–water partition coefficient (Wildman–Crippen LogP) is 0.980. The van der Waals surface area contributed by atoms with Gasteiger partial charge in [0.1, 0.15) is 5.69 Å². The highest BCUT2D eigenvalue weighted by Gasteiger charge is 2.24. The van der Waals surface area contributed by atoms with Gasteiger partial charge in [0.05, 0.1) is 18.3 Å². The summed E-state index contributed by atoms with van der Waals surface area (Å²) in [5.74, 6) is -0.400. The van der Waals surface area contributed by atoms with Crippen LogP contribution in [0.1, 0.15) is 23.3 Å². The molecular weight excluding hydrogens is 268 g/mol. The second-order valence-electron chi connectivity index (χ2n) is 5.27. The number of rotatable bonds is 4. The second kappa shape index (κ2) is 5.47. The highest BCUT2D eigenvalue weighted by atomic mass is 16.2. The van der Waals surface area contributed by atoms with E-state index in [1.807, 2.05) is 12.1 Å². The van der Waals surface area contributed by atoms with Crippen LogP contribution in [0.2, 0.25) is 0 Å². The van der Waals surface area contributed by atoms with Gasteiger partial charge in [-0.05, 0) is 25.0 Å². The van der Waals surface area contributed by atoms with Gasteiger partial charge in [0, 0.05) is 24.7 Å². The van der Waals surface area contributed by atoms with E-state index in [1.165, 1.54) is 4.90 Å². The van der Waals surface area contributed by atoms with Gasteiger partial charge in [-0.2, -0.15) is 0 Å². The molecule has 2 aromatic heterocycles. The van der Waals surface area contributed by atoms with Crippen LogP contribution in [0, 0.1) is 0 Å². The van der Waals surface area contributed by atoms with Crippen LogP contribution in [0.15, 0.2) is 30.6 Å². The number of carbonyl (C=O) groups is 2. The summed E-state index contributed by atoms with van der Waals surface area (Å²) in [4.78, 5) is 33.7. The van der Waals surface area contributed by atoms with Gasteiger partial charge in [-0.25, -0.2) is 4.98 Å². The minimum Gasteiger partial charge on any atom is -0.352 e. The second-order valence-corrected chi connectivity index (χ2v) is 5.27. The lowest BCUT2D eigenvalue weighted by atomic mass is 10.2. The number of likely N-dealkylation sites (N-methyl/N-ethyl adjacent to an activating group) is 1. The molecule has 1 aliphatic carbocycles. The number of nitrogens with one attached hydrogen (secondary N) is 1. The average Bonchev–Trinajstić information content (AvgIpc) is 3.29. The molecule has 0 atom stereocenters. The minimum absolute atomic E-state index is 0.0437. The van der Waals surface area contributed by atoms with E-state index in [1.54, 1.807) is 25.5 Å². The van der Waals surface area contributed by atoms with E-state index in [0.717, 1.165) is 18.2 Å². The Kier molecular flexibility index (Phi) is 3.51. The molecule has 6 heteroatoms. The van der Waals surface area contributed by atoms with Crippen LogP contribution < -0.4 is 5.32 Å². The zero-order valence-corrected chi connectivity index (χ0v) is 11.7. The van der Waals surface area contributed by atoms with Crippen molar-refractivity contribution in [2.24, 2.45) is 0 Å². The summed E-state index contributed by atoms with van der Waals surface area (Å²) in [6.45, 7) is 0.0437. The average molecular weight is 284 g/mol. The normalized spacial score (nSPS) is 14.0. The molecule has 0 bridgehead atoms. The SMILES string of the molecule is CN(CC(=O)NC1CC1)C(=O)c1ccc2ccncc2n1. The fraction of sp³-hybridized carbons (Fsp3) is 0.333. The Morgan fingerprint density at radius 2 is 2.14 bits per heavy atom. The van der Waals surface area contributed by atoms with Gasteiger partial charge in [0.25, 0.3) is 5.91 Å². The zero-order chi connectivity index (χ0) is 14.8. The molecule has 0 aromatic carbocycles. The highest BCUT2D eigenvalue weighted by Crippen LogP contribution is 2.18. The van der Waals surface area contributed by atoms with Crippen molar-refractivity contribution < 1.29 is 9.59 Å². The molecule has 6 nitrogen and oxygen atoms in total. The van der Waals surface area contributed by atoms with E-state index in [-0.39, 0.29) is 18.4 Å². The number of hydrogen-bond acceptors (Lipinski definition) is 4. The first-order chi connectivity index (χ1) is 10.1. The van der Waals surface area contributed by atoms with E-state index < -0.39 is 0 Å². The number of fused-ring (bicyclic) bond motifs is 1. The number of aromatic nitrogens is 2. The molecule has 0 radical (unpaired) electrons. The molecule has 2 amide bonds. The number of hydrogen-bond donors (Lipinski definition) is 1. The molecule has 108 valence electrons. The van der Waals surface area contributed by atoms with Crippen LogP contribution in [0.4, 0.5) is 0 Å². The Balaban J connectivity index is 1.71. The van der Waals surface area contributed by atoms with E-state index >= 15 is 0 Å². The van der Waals surface area contributed by atoms with Crippen molar-refractivity contribution in [1.82, 2.24) is 20.2 Å². The van der Waals surface area contributed by atoms with Crippen molar-refractivity contribution in [2.75, 3.05) is 13.6 Å². The monoisotopic (exact) mass is 284 g/mol. The Morgan fingerprint density at radius 1 is 1.33 bits per heavy atom. The molecule has 2 heterocycles. The van der Waals surface area contributed by atoms with Crippen molar-refractivity contribution in [3.05, 3.63) is 36.3 Å². The first-order valence-electron chi connectivity index (χ1n) is 6.89.